The van der Waals surface area contributed by atoms with E-state index in [0.717, 1.165) is 0 Å². The van der Waals surface area contributed by atoms with E-state index in [0.29, 0.717) is 13.1 Å². The quantitative estimate of drug-likeness (QED) is 0.597. The molecule has 0 saturated carbocycles. The van der Waals surface area contributed by atoms with E-state index in [4.69, 9.17) is 5.73 Å². The van der Waals surface area contributed by atoms with Crippen LogP contribution in [0.4, 0.5) is 5.69 Å². The number of hydrogen-bond donors (Lipinski definition) is 1. The first-order chi connectivity index (χ1) is 9.70. The van der Waals surface area contributed by atoms with E-state index in [1.165, 1.54) is 36.7 Å². The number of benzene rings is 1. The van der Waals surface area contributed by atoms with Crippen LogP contribution in [0.2, 0.25) is 0 Å². The summed E-state index contributed by atoms with van der Waals surface area (Å²) in [6, 6.07) is 4.09. The number of carbonyl (C=O) groups is 1. The molecule has 0 radical (unpaired) electrons. The second-order valence-corrected chi connectivity index (χ2v) is 6.89. The lowest BCUT2D eigenvalue weighted by Gasteiger charge is -2.20. The third kappa shape index (κ3) is 4.16. The van der Waals surface area contributed by atoms with Crippen molar-refractivity contribution in [3.8, 4) is 0 Å². The Balaban J connectivity index is 3.23. The van der Waals surface area contributed by atoms with E-state index < -0.39 is 16.0 Å². The molecule has 0 aliphatic carbocycles. The van der Waals surface area contributed by atoms with Crippen LogP contribution in [0, 0.1) is 0 Å². The Bertz CT molecular complexity index is 614. The highest BCUT2D eigenvalue weighted by atomic mass is 32.2. The molecule has 0 heterocycles. The fraction of sp³-hybridized carbons (Fsp3) is 0.462. The number of anilines is 1. The van der Waals surface area contributed by atoms with Gasteiger partial charge in [0, 0.05) is 25.8 Å². The fourth-order valence-electron chi connectivity index (χ4n) is 1.66. The maximum Gasteiger partial charge on any atom is 0.339 e. The number of sulfonamides is 1. The number of esters is 1. The van der Waals surface area contributed by atoms with Crippen molar-refractivity contribution < 1.29 is 17.9 Å². The molecule has 7 nitrogen and oxygen atoms in total. The predicted molar refractivity (Wildman–Crippen MR) is 80.6 cm³/mol. The first-order valence-electron chi connectivity index (χ1n) is 6.29. The van der Waals surface area contributed by atoms with E-state index in [-0.39, 0.29) is 16.1 Å². The zero-order valence-corrected chi connectivity index (χ0v) is 13.5. The van der Waals surface area contributed by atoms with Crippen molar-refractivity contribution >= 4 is 21.7 Å². The predicted octanol–water partition coefficient (Wildman–Crippen LogP) is 0.238. The highest BCUT2D eigenvalue weighted by Crippen LogP contribution is 2.23. The molecule has 0 fully saturated rings. The smallest absolute Gasteiger partial charge is 0.339 e. The van der Waals surface area contributed by atoms with Crippen LogP contribution in [-0.4, -0.2) is 64.9 Å². The van der Waals surface area contributed by atoms with Crippen molar-refractivity contribution in [3.05, 3.63) is 23.8 Å². The molecule has 118 valence electrons. The Kier molecular flexibility index (Phi) is 5.70. The normalized spacial score (nSPS) is 11.9. The van der Waals surface area contributed by atoms with Crippen LogP contribution >= 0.6 is 0 Å². The first kappa shape index (κ1) is 17.4. The zero-order valence-electron chi connectivity index (χ0n) is 12.7. The van der Waals surface area contributed by atoms with Gasteiger partial charge in [0.2, 0.25) is 10.0 Å². The summed E-state index contributed by atoms with van der Waals surface area (Å²) in [5, 5.41) is 0. The van der Waals surface area contributed by atoms with Crippen LogP contribution in [0.15, 0.2) is 23.1 Å². The Morgan fingerprint density at radius 1 is 1.24 bits per heavy atom. The third-order valence-electron chi connectivity index (χ3n) is 2.96. The SMILES string of the molecule is COC(=O)c1ccc(N)cc1S(=O)(=O)N(C)CCN(C)C. The summed E-state index contributed by atoms with van der Waals surface area (Å²) in [6.45, 7) is 0.857. The van der Waals surface area contributed by atoms with Gasteiger partial charge in [-0.1, -0.05) is 0 Å². The van der Waals surface area contributed by atoms with Gasteiger partial charge < -0.3 is 15.4 Å². The average Bonchev–Trinajstić information content (AvgIpc) is 2.43. The fourth-order valence-corrected chi connectivity index (χ4v) is 3.03. The van der Waals surface area contributed by atoms with Gasteiger partial charge in [0.1, 0.15) is 0 Å². The van der Waals surface area contributed by atoms with Crippen LogP contribution in [0.5, 0.6) is 0 Å². The molecule has 0 atom stereocenters. The van der Waals surface area contributed by atoms with E-state index in [2.05, 4.69) is 4.74 Å². The van der Waals surface area contributed by atoms with Crippen molar-refractivity contribution in [2.75, 3.05) is 47.1 Å². The maximum atomic E-state index is 12.6. The summed E-state index contributed by atoms with van der Waals surface area (Å²) in [5.74, 6) is -0.713. The summed E-state index contributed by atoms with van der Waals surface area (Å²) in [5.41, 5.74) is 5.89. The van der Waals surface area contributed by atoms with Gasteiger partial charge in [-0.3, -0.25) is 0 Å². The number of nitrogen functional groups attached to an aromatic ring is 1. The van der Waals surface area contributed by atoms with E-state index in [1.54, 1.807) is 0 Å². The topological polar surface area (TPSA) is 92.9 Å². The largest absolute Gasteiger partial charge is 0.465 e. The number of nitrogens with two attached hydrogens (primary N) is 1. The van der Waals surface area contributed by atoms with Crippen molar-refractivity contribution in [3.63, 3.8) is 0 Å². The molecule has 2 N–H and O–H groups in total. The Labute approximate surface area is 125 Å². The molecular formula is C13H21N3O4S. The minimum atomic E-state index is -3.82. The molecule has 1 rings (SSSR count). The van der Waals surface area contributed by atoms with Gasteiger partial charge in [-0.15, -0.1) is 0 Å². The zero-order chi connectivity index (χ0) is 16.2. The minimum Gasteiger partial charge on any atom is -0.465 e. The molecule has 0 bridgehead atoms. The highest BCUT2D eigenvalue weighted by Gasteiger charge is 2.27. The third-order valence-corrected chi connectivity index (χ3v) is 4.86. The monoisotopic (exact) mass is 315 g/mol. The van der Waals surface area contributed by atoms with Crippen molar-refractivity contribution in [1.29, 1.82) is 0 Å². The lowest BCUT2D eigenvalue weighted by Crippen LogP contribution is -2.34. The second kappa shape index (κ2) is 6.88. The summed E-state index contributed by atoms with van der Waals surface area (Å²) in [6.07, 6.45) is 0. The molecule has 0 aliphatic rings. The Morgan fingerprint density at radius 3 is 2.38 bits per heavy atom. The van der Waals surface area contributed by atoms with Gasteiger partial charge in [-0.2, -0.15) is 4.31 Å². The van der Waals surface area contributed by atoms with Crippen LogP contribution in [-0.2, 0) is 14.8 Å². The maximum absolute atomic E-state index is 12.6. The average molecular weight is 315 g/mol. The molecule has 0 aromatic heterocycles. The molecule has 0 aliphatic heterocycles. The Morgan fingerprint density at radius 2 is 1.86 bits per heavy atom. The number of nitrogens with zero attached hydrogens (tertiary/aromatic N) is 2. The van der Waals surface area contributed by atoms with Gasteiger partial charge in [0.15, 0.2) is 0 Å². The molecule has 21 heavy (non-hydrogen) atoms. The van der Waals surface area contributed by atoms with Gasteiger partial charge in [0.25, 0.3) is 0 Å². The molecule has 1 aromatic rings. The minimum absolute atomic E-state index is 0.0246. The standard InChI is InChI=1S/C13H21N3O4S/c1-15(2)7-8-16(3)21(18,19)12-9-10(14)5-6-11(12)13(17)20-4/h5-6,9H,7-8,14H2,1-4H3. The summed E-state index contributed by atoms with van der Waals surface area (Å²) in [4.78, 5) is 13.5. The Hall–Kier alpha value is -1.64. The molecular weight excluding hydrogens is 294 g/mol. The van der Waals surface area contributed by atoms with E-state index in [1.807, 2.05) is 19.0 Å². The first-order valence-corrected chi connectivity index (χ1v) is 7.73. The molecule has 0 spiro atoms. The number of carbonyl (C=O) groups excluding carboxylic acids is 1. The number of likely N-dealkylation sites (N-methyl/N-ethyl adjacent to an activating group) is 2. The highest BCUT2D eigenvalue weighted by molar-refractivity contribution is 7.89. The van der Waals surface area contributed by atoms with Crippen LogP contribution < -0.4 is 5.73 Å². The van der Waals surface area contributed by atoms with E-state index in [9.17, 15) is 13.2 Å². The molecule has 1 aromatic carbocycles. The lowest BCUT2D eigenvalue weighted by atomic mass is 10.2. The second-order valence-electron chi connectivity index (χ2n) is 4.88. The molecule has 0 unspecified atom stereocenters. The van der Waals surface area contributed by atoms with Gasteiger partial charge >= 0.3 is 5.97 Å². The van der Waals surface area contributed by atoms with Crippen LogP contribution in [0.3, 0.4) is 0 Å². The van der Waals surface area contributed by atoms with Crippen molar-refractivity contribution in [2.45, 2.75) is 4.90 Å². The van der Waals surface area contributed by atoms with E-state index >= 15 is 0 Å². The van der Waals surface area contributed by atoms with Crippen molar-refractivity contribution in [2.24, 2.45) is 0 Å². The number of methoxy groups -OCH3 is 1. The summed E-state index contributed by atoms with van der Waals surface area (Å²) >= 11 is 0. The van der Waals surface area contributed by atoms with Gasteiger partial charge in [-0.05, 0) is 32.3 Å². The molecule has 0 saturated heterocycles. The number of ether oxygens (including phenoxy) is 1. The lowest BCUT2D eigenvalue weighted by molar-refractivity contribution is 0.0596. The molecule has 8 heteroatoms. The number of rotatable bonds is 6. The van der Waals surface area contributed by atoms with Crippen molar-refractivity contribution in [1.82, 2.24) is 9.21 Å². The number of hydrogen-bond acceptors (Lipinski definition) is 6. The van der Waals surface area contributed by atoms with Gasteiger partial charge in [-0.25, -0.2) is 13.2 Å². The summed E-state index contributed by atoms with van der Waals surface area (Å²) in [7, 11) is 2.54. The van der Waals surface area contributed by atoms with Crippen LogP contribution in [0.25, 0.3) is 0 Å². The molecule has 0 amide bonds. The summed E-state index contributed by atoms with van der Waals surface area (Å²) < 4.78 is 31.0. The van der Waals surface area contributed by atoms with Crippen LogP contribution in [0.1, 0.15) is 10.4 Å². The van der Waals surface area contributed by atoms with Gasteiger partial charge in [0.05, 0.1) is 17.6 Å².